The van der Waals surface area contributed by atoms with Crippen molar-refractivity contribution in [1.82, 2.24) is 0 Å². The molecule has 0 radical (unpaired) electrons. The minimum Gasteiger partial charge on any atom is -0.392 e. The Labute approximate surface area is 107 Å². The Morgan fingerprint density at radius 3 is 2.17 bits per heavy atom. The van der Waals surface area contributed by atoms with E-state index < -0.39 is 17.5 Å². The van der Waals surface area contributed by atoms with E-state index >= 15 is 0 Å². The van der Waals surface area contributed by atoms with Crippen molar-refractivity contribution < 1.29 is 19.6 Å². The van der Waals surface area contributed by atoms with Gasteiger partial charge in [0.15, 0.2) is 0 Å². The number of aliphatic hydroxyl groups is 1. The minimum atomic E-state index is -0.541. The lowest BCUT2D eigenvalue weighted by atomic mass is 9.89. The van der Waals surface area contributed by atoms with Gasteiger partial charge in [0.05, 0.1) is 12.2 Å². The van der Waals surface area contributed by atoms with E-state index in [1.165, 1.54) is 0 Å². The maximum Gasteiger partial charge on any atom is 0.218 e. The highest BCUT2D eigenvalue weighted by molar-refractivity contribution is 5.23. The zero-order chi connectivity index (χ0) is 13.4. The molecule has 1 aliphatic rings. The van der Waals surface area contributed by atoms with Crippen LogP contribution in [0.15, 0.2) is 24.3 Å². The van der Waals surface area contributed by atoms with Gasteiger partial charge in [-0.25, -0.2) is 4.89 Å². The summed E-state index contributed by atoms with van der Waals surface area (Å²) in [5, 5.41) is 9.00. The highest BCUT2D eigenvalue weighted by Gasteiger charge is 2.47. The molecule has 1 aromatic carbocycles. The van der Waals surface area contributed by atoms with Crippen LogP contribution in [-0.2, 0) is 21.1 Å². The van der Waals surface area contributed by atoms with E-state index in [1.807, 2.05) is 52.0 Å². The maximum atomic E-state index is 9.00. The summed E-state index contributed by atoms with van der Waals surface area (Å²) in [7, 11) is 0. The van der Waals surface area contributed by atoms with E-state index in [-0.39, 0.29) is 6.61 Å². The van der Waals surface area contributed by atoms with Crippen molar-refractivity contribution in [2.24, 2.45) is 0 Å². The zero-order valence-corrected chi connectivity index (χ0v) is 11.3. The van der Waals surface area contributed by atoms with Gasteiger partial charge in [0, 0.05) is 5.56 Å². The van der Waals surface area contributed by atoms with E-state index in [0.717, 1.165) is 11.1 Å². The van der Waals surface area contributed by atoms with Crippen LogP contribution >= 0.6 is 0 Å². The van der Waals surface area contributed by atoms with Gasteiger partial charge in [-0.3, -0.25) is 0 Å². The second-order valence-corrected chi connectivity index (χ2v) is 5.55. The summed E-state index contributed by atoms with van der Waals surface area (Å²) in [6, 6.07) is 7.42. The Morgan fingerprint density at radius 1 is 1.06 bits per heavy atom. The molecule has 4 nitrogen and oxygen atoms in total. The molecule has 1 unspecified atom stereocenters. The van der Waals surface area contributed by atoms with Crippen LogP contribution in [0.25, 0.3) is 0 Å². The summed E-state index contributed by atoms with van der Waals surface area (Å²) in [4.78, 5) is 10.7. The number of hydrogen-bond acceptors (Lipinski definition) is 4. The number of hydrogen-bond donors (Lipinski definition) is 1. The molecule has 0 bridgehead atoms. The maximum absolute atomic E-state index is 9.00. The van der Waals surface area contributed by atoms with Crippen molar-refractivity contribution in [1.29, 1.82) is 0 Å². The monoisotopic (exact) mass is 252 g/mol. The molecule has 1 heterocycles. The SMILES string of the molecule is CC1(C)OOC(c2ccc(CO)cc2)OC1(C)C. The van der Waals surface area contributed by atoms with Crippen molar-refractivity contribution in [2.45, 2.75) is 51.8 Å². The van der Waals surface area contributed by atoms with Crippen molar-refractivity contribution in [3.8, 4) is 0 Å². The van der Waals surface area contributed by atoms with Crippen LogP contribution in [-0.4, -0.2) is 16.3 Å². The molecular formula is C14H20O4. The highest BCUT2D eigenvalue weighted by atomic mass is 17.2. The Balaban J connectivity index is 2.16. The lowest BCUT2D eigenvalue weighted by Crippen LogP contribution is -2.53. The third-order valence-corrected chi connectivity index (χ3v) is 3.63. The van der Waals surface area contributed by atoms with Gasteiger partial charge in [-0.1, -0.05) is 24.3 Å². The third-order valence-electron chi connectivity index (χ3n) is 3.63. The molecule has 1 aromatic rings. The molecule has 18 heavy (non-hydrogen) atoms. The summed E-state index contributed by atoms with van der Waals surface area (Å²) in [5.41, 5.74) is 0.769. The van der Waals surface area contributed by atoms with Crippen LogP contribution in [0.5, 0.6) is 0 Å². The van der Waals surface area contributed by atoms with E-state index in [2.05, 4.69) is 0 Å². The first kappa shape index (κ1) is 13.5. The Morgan fingerprint density at radius 2 is 1.67 bits per heavy atom. The average molecular weight is 252 g/mol. The van der Waals surface area contributed by atoms with E-state index in [9.17, 15) is 0 Å². The second kappa shape index (κ2) is 4.63. The van der Waals surface area contributed by atoms with Gasteiger partial charge < -0.3 is 9.84 Å². The molecule has 0 aromatic heterocycles. The third kappa shape index (κ3) is 2.42. The Bertz CT molecular complexity index is 408. The van der Waals surface area contributed by atoms with Crippen LogP contribution in [0.3, 0.4) is 0 Å². The largest absolute Gasteiger partial charge is 0.392 e. The van der Waals surface area contributed by atoms with Gasteiger partial charge in [0.25, 0.3) is 0 Å². The van der Waals surface area contributed by atoms with Gasteiger partial charge in [0.1, 0.15) is 5.60 Å². The molecule has 1 N–H and O–H groups in total. The predicted molar refractivity (Wildman–Crippen MR) is 66.5 cm³/mol. The van der Waals surface area contributed by atoms with Crippen molar-refractivity contribution in [2.75, 3.05) is 0 Å². The number of benzene rings is 1. The molecule has 0 saturated carbocycles. The fourth-order valence-electron chi connectivity index (χ4n) is 1.60. The topological polar surface area (TPSA) is 47.9 Å². The highest BCUT2D eigenvalue weighted by Crippen LogP contribution is 2.40. The molecule has 100 valence electrons. The first-order valence-corrected chi connectivity index (χ1v) is 6.08. The van der Waals surface area contributed by atoms with Crippen LogP contribution in [0, 0.1) is 0 Å². The van der Waals surface area contributed by atoms with E-state index in [1.54, 1.807) is 0 Å². The number of ether oxygens (including phenoxy) is 1. The van der Waals surface area contributed by atoms with Gasteiger partial charge >= 0.3 is 0 Å². The summed E-state index contributed by atoms with van der Waals surface area (Å²) in [6.45, 7) is 7.84. The average Bonchev–Trinajstić information content (AvgIpc) is 2.33. The van der Waals surface area contributed by atoms with E-state index in [4.69, 9.17) is 19.6 Å². The second-order valence-electron chi connectivity index (χ2n) is 5.55. The van der Waals surface area contributed by atoms with Gasteiger partial charge in [-0.2, -0.15) is 4.89 Å². The normalized spacial score (nSPS) is 25.9. The minimum absolute atomic E-state index is 0.0294. The van der Waals surface area contributed by atoms with Crippen LogP contribution < -0.4 is 0 Å². The lowest BCUT2D eigenvalue weighted by Gasteiger charge is -2.46. The molecule has 2 rings (SSSR count). The van der Waals surface area contributed by atoms with Crippen LogP contribution in [0.2, 0.25) is 0 Å². The molecule has 1 fully saturated rings. The van der Waals surface area contributed by atoms with Gasteiger partial charge in [0.2, 0.25) is 6.29 Å². The summed E-state index contributed by atoms with van der Waals surface area (Å²) in [5.74, 6) is 0. The van der Waals surface area contributed by atoms with Crippen molar-refractivity contribution in [3.05, 3.63) is 35.4 Å². The fourth-order valence-corrected chi connectivity index (χ4v) is 1.60. The summed E-state index contributed by atoms with van der Waals surface area (Å²) >= 11 is 0. The molecule has 0 spiro atoms. The van der Waals surface area contributed by atoms with Crippen molar-refractivity contribution >= 4 is 0 Å². The quantitative estimate of drug-likeness (QED) is 0.822. The summed E-state index contributed by atoms with van der Waals surface area (Å²) in [6.07, 6.45) is -0.541. The molecule has 1 atom stereocenters. The Kier molecular flexibility index (Phi) is 3.47. The van der Waals surface area contributed by atoms with Crippen LogP contribution in [0.4, 0.5) is 0 Å². The molecular weight excluding hydrogens is 232 g/mol. The molecule has 0 aliphatic carbocycles. The smallest absolute Gasteiger partial charge is 0.218 e. The number of aliphatic hydroxyl groups excluding tert-OH is 1. The zero-order valence-electron chi connectivity index (χ0n) is 11.3. The predicted octanol–water partition coefficient (Wildman–Crippen LogP) is 2.71. The first-order chi connectivity index (χ1) is 8.36. The molecule has 1 saturated heterocycles. The van der Waals surface area contributed by atoms with Gasteiger partial charge in [-0.05, 0) is 33.3 Å². The van der Waals surface area contributed by atoms with Gasteiger partial charge in [-0.15, -0.1) is 0 Å². The summed E-state index contributed by atoms with van der Waals surface area (Å²) < 4.78 is 5.94. The molecule has 0 amide bonds. The van der Waals surface area contributed by atoms with E-state index in [0.29, 0.717) is 0 Å². The molecule has 4 heteroatoms. The standard InChI is InChI=1S/C14H20O4/c1-13(2)14(3,4)18-17-12(16-13)11-7-5-10(9-15)6-8-11/h5-8,12,15H,9H2,1-4H3. The molecule has 1 aliphatic heterocycles. The first-order valence-electron chi connectivity index (χ1n) is 6.08. The fraction of sp³-hybridized carbons (Fsp3) is 0.571. The van der Waals surface area contributed by atoms with Crippen LogP contribution in [0.1, 0.15) is 45.1 Å². The lowest BCUT2D eigenvalue weighted by molar-refractivity contribution is -0.504. The Hall–Kier alpha value is -0.940. The number of rotatable bonds is 2. The van der Waals surface area contributed by atoms with Crippen molar-refractivity contribution in [3.63, 3.8) is 0 Å².